The van der Waals surface area contributed by atoms with Gasteiger partial charge in [0.1, 0.15) is 0 Å². The molecule has 1 aromatic carbocycles. The van der Waals surface area contributed by atoms with E-state index < -0.39 is 5.97 Å². The van der Waals surface area contributed by atoms with Crippen molar-refractivity contribution >= 4 is 11.7 Å². The van der Waals surface area contributed by atoms with Crippen molar-refractivity contribution in [2.24, 2.45) is 23.7 Å². The summed E-state index contributed by atoms with van der Waals surface area (Å²) in [5, 5.41) is 13.1. The number of rotatable bonds is 6. The smallest absolute Gasteiger partial charge is 0.337 e. The molecule has 0 radical (unpaired) electrons. The molecule has 2 heterocycles. The Kier molecular flexibility index (Phi) is 6.72. The van der Waals surface area contributed by atoms with Crippen molar-refractivity contribution in [1.82, 2.24) is 4.90 Å². The van der Waals surface area contributed by atoms with Crippen molar-refractivity contribution in [2.45, 2.75) is 90.3 Å². The monoisotopic (exact) mass is 412 g/mol. The zero-order chi connectivity index (χ0) is 21.3. The minimum atomic E-state index is -0.847. The molecule has 0 aromatic heterocycles. The van der Waals surface area contributed by atoms with Gasteiger partial charge in [0.15, 0.2) is 0 Å². The number of anilines is 1. The van der Waals surface area contributed by atoms with Crippen LogP contribution in [0.3, 0.4) is 0 Å². The lowest BCUT2D eigenvalue weighted by Gasteiger charge is -2.52. The van der Waals surface area contributed by atoms with Crippen LogP contribution in [-0.4, -0.2) is 40.6 Å². The minimum Gasteiger partial charge on any atom is -0.478 e. The third-order valence-corrected chi connectivity index (χ3v) is 8.49. The zero-order valence-electron chi connectivity index (χ0n) is 19.0. The first-order valence-electron chi connectivity index (χ1n) is 12.3. The number of piperidine rings is 2. The average molecular weight is 413 g/mol. The van der Waals surface area contributed by atoms with Gasteiger partial charge in [-0.3, -0.25) is 4.90 Å². The molecule has 2 bridgehead atoms. The lowest BCUT2D eigenvalue weighted by Crippen LogP contribution is -2.58. The van der Waals surface area contributed by atoms with Crippen LogP contribution in [0.4, 0.5) is 5.69 Å². The Morgan fingerprint density at radius 3 is 2.60 bits per heavy atom. The Bertz CT molecular complexity index is 735. The summed E-state index contributed by atoms with van der Waals surface area (Å²) < 4.78 is 0. The number of aromatic carboxylic acids is 1. The molecule has 2 N–H and O–H groups in total. The molecular weight excluding hydrogens is 372 g/mol. The number of carboxylic acids is 1. The van der Waals surface area contributed by atoms with Crippen molar-refractivity contribution in [3.05, 3.63) is 29.8 Å². The second kappa shape index (κ2) is 9.30. The second-order valence-electron chi connectivity index (χ2n) is 10.6. The first kappa shape index (κ1) is 21.7. The van der Waals surface area contributed by atoms with Gasteiger partial charge in [-0.2, -0.15) is 0 Å². The zero-order valence-corrected chi connectivity index (χ0v) is 19.0. The molecule has 3 aliphatic rings. The molecule has 2 saturated heterocycles. The number of hydrogen-bond acceptors (Lipinski definition) is 3. The second-order valence-corrected chi connectivity index (χ2v) is 10.6. The molecule has 7 atom stereocenters. The van der Waals surface area contributed by atoms with Crippen molar-refractivity contribution < 1.29 is 9.90 Å². The highest BCUT2D eigenvalue weighted by Crippen LogP contribution is 2.41. The highest BCUT2D eigenvalue weighted by atomic mass is 16.4. The summed E-state index contributed by atoms with van der Waals surface area (Å²) in [6.45, 7) is 8.57. The van der Waals surface area contributed by atoms with Crippen LogP contribution in [0.25, 0.3) is 0 Å². The maximum Gasteiger partial charge on any atom is 0.337 e. The van der Waals surface area contributed by atoms with E-state index in [1.165, 1.54) is 45.1 Å². The summed E-state index contributed by atoms with van der Waals surface area (Å²) in [5.74, 6) is 2.55. The third kappa shape index (κ3) is 4.69. The van der Waals surface area contributed by atoms with E-state index in [0.717, 1.165) is 42.2 Å². The molecule has 4 nitrogen and oxygen atoms in total. The number of nitrogens with zero attached hydrogens (tertiary/aromatic N) is 1. The van der Waals surface area contributed by atoms with Gasteiger partial charge in [0.05, 0.1) is 5.56 Å². The minimum absolute atomic E-state index is 0.369. The third-order valence-electron chi connectivity index (χ3n) is 8.49. The number of fused-ring (bicyclic) bond motifs is 2. The van der Waals surface area contributed by atoms with Gasteiger partial charge >= 0.3 is 5.97 Å². The molecule has 3 fully saturated rings. The first-order chi connectivity index (χ1) is 14.4. The maximum atomic E-state index is 11.6. The predicted octanol–water partition coefficient (Wildman–Crippen LogP) is 5.89. The molecular formula is C26H40N2O2. The van der Waals surface area contributed by atoms with E-state index in [2.05, 4.69) is 31.0 Å². The summed E-state index contributed by atoms with van der Waals surface area (Å²) in [6.07, 6.45) is 10.5. The van der Waals surface area contributed by atoms with Crippen molar-refractivity contribution in [3.63, 3.8) is 0 Å². The summed E-state index contributed by atoms with van der Waals surface area (Å²) >= 11 is 0. The normalized spacial score (nSPS) is 37.0. The van der Waals surface area contributed by atoms with E-state index >= 15 is 0 Å². The largest absolute Gasteiger partial charge is 0.478 e. The van der Waals surface area contributed by atoms with E-state index in [1.54, 1.807) is 12.1 Å². The van der Waals surface area contributed by atoms with Crippen molar-refractivity contribution in [1.29, 1.82) is 0 Å². The molecule has 0 amide bonds. The molecule has 1 aromatic rings. The highest BCUT2D eigenvalue weighted by Gasteiger charge is 2.42. The number of para-hydroxylation sites is 1. The Labute approximate surface area is 182 Å². The van der Waals surface area contributed by atoms with Crippen LogP contribution in [0, 0.1) is 23.7 Å². The molecule has 1 saturated carbocycles. The summed E-state index contributed by atoms with van der Waals surface area (Å²) in [6, 6.07) is 9.00. The van der Waals surface area contributed by atoms with Crippen LogP contribution < -0.4 is 5.32 Å². The van der Waals surface area contributed by atoms with Crippen LogP contribution >= 0.6 is 0 Å². The first-order valence-corrected chi connectivity index (χ1v) is 12.3. The molecule has 7 unspecified atom stereocenters. The Balaban J connectivity index is 1.41. The standard InChI is InChI=1S/C26H40N2O2/c1-17-8-9-18(2)20(14-17)12-13-28-22-11-10-19(3)25(28)16-21(15-22)27-24-7-5-4-6-23(24)26(29)30/h4-7,17-22,25,27H,8-16H2,1-3H3,(H,29,30). The molecule has 30 heavy (non-hydrogen) atoms. The van der Waals surface area contributed by atoms with E-state index in [1.807, 2.05) is 12.1 Å². The number of carbonyl (C=O) groups is 1. The van der Waals surface area contributed by atoms with Gasteiger partial charge in [0.25, 0.3) is 0 Å². The quantitative estimate of drug-likeness (QED) is 0.612. The number of hydrogen-bond donors (Lipinski definition) is 2. The van der Waals surface area contributed by atoms with E-state index in [4.69, 9.17) is 0 Å². The molecule has 4 rings (SSSR count). The molecule has 0 spiro atoms. The van der Waals surface area contributed by atoms with Gasteiger partial charge in [-0.15, -0.1) is 0 Å². The lowest BCUT2D eigenvalue weighted by molar-refractivity contribution is -0.00531. The molecule has 2 aliphatic heterocycles. The fraction of sp³-hybridized carbons (Fsp3) is 0.731. The Morgan fingerprint density at radius 1 is 1.03 bits per heavy atom. The van der Waals surface area contributed by atoms with Crippen molar-refractivity contribution in [3.8, 4) is 0 Å². The molecule has 4 heteroatoms. The summed E-state index contributed by atoms with van der Waals surface area (Å²) in [5.41, 5.74) is 1.16. The van der Waals surface area contributed by atoms with Gasteiger partial charge in [0, 0.05) is 23.8 Å². The van der Waals surface area contributed by atoms with Crippen LogP contribution in [-0.2, 0) is 0 Å². The average Bonchev–Trinajstić information content (AvgIpc) is 2.72. The van der Waals surface area contributed by atoms with Gasteiger partial charge in [-0.25, -0.2) is 4.79 Å². The molecule has 166 valence electrons. The predicted molar refractivity (Wildman–Crippen MR) is 123 cm³/mol. The van der Waals surface area contributed by atoms with Gasteiger partial charge in [0.2, 0.25) is 0 Å². The van der Waals surface area contributed by atoms with Crippen LogP contribution in [0.1, 0.15) is 82.5 Å². The number of benzene rings is 1. The van der Waals surface area contributed by atoms with Crippen molar-refractivity contribution in [2.75, 3.05) is 11.9 Å². The Morgan fingerprint density at radius 2 is 1.80 bits per heavy atom. The van der Waals surface area contributed by atoms with E-state index in [-0.39, 0.29) is 0 Å². The summed E-state index contributed by atoms with van der Waals surface area (Å²) in [7, 11) is 0. The molecule has 1 aliphatic carbocycles. The van der Waals surface area contributed by atoms with Crippen LogP contribution in [0.2, 0.25) is 0 Å². The number of carboxylic acid groups (broad SMARTS) is 1. The Hall–Kier alpha value is -1.55. The fourth-order valence-corrected chi connectivity index (χ4v) is 6.60. The van der Waals surface area contributed by atoms with Gasteiger partial charge in [-0.1, -0.05) is 45.7 Å². The van der Waals surface area contributed by atoms with Crippen LogP contribution in [0.5, 0.6) is 0 Å². The topological polar surface area (TPSA) is 52.6 Å². The fourth-order valence-electron chi connectivity index (χ4n) is 6.60. The summed E-state index contributed by atoms with van der Waals surface area (Å²) in [4.78, 5) is 14.4. The van der Waals surface area contributed by atoms with Gasteiger partial charge in [-0.05, 0) is 80.9 Å². The SMILES string of the molecule is CC1CCC(C)C(CCN2C3CCC(C)C2CC(Nc2ccccc2C(=O)O)C3)C1. The lowest BCUT2D eigenvalue weighted by atomic mass is 9.73. The van der Waals surface area contributed by atoms with Gasteiger partial charge < -0.3 is 10.4 Å². The van der Waals surface area contributed by atoms with E-state index in [9.17, 15) is 9.90 Å². The maximum absolute atomic E-state index is 11.6. The number of nitrogens with one attached hydrogen (secondary N) is 1. The van der Waals surface area contributed by atoms with E-state index in [0.29, 0.717) is 23.7 Å². The highest BCUT2D eigenvalue weighted by molar-refractivity contribution is 5.94. The van der Waals surface area contributed by atoms with Crippen LogP contribution in [0.15, 0.2) is 24.3 Å².